The summed E-state index contributed by atoms with van der Waals surface area (Å²) in [5, 5.41) is 5.65. The average molecular weight is 311 g/mol. The summed E-state index contributed by atoms with van der Waals surface area (Å²) in [5.41, 5.74) is 0.658. The van der Waals surface area contributed by atoms with Crippen molar-refractivity contribution in [2.45, 2.75) is 44.9 Å². The van der Waals surface area contributed by atoms with Crippen LogP contribution in [-0.2, 0) is 6.54 Å². The van der Waals surface area contributed by atoms with Crippen molar-refractivity contribution >= 4 is 6.03 Å². The Morgan fingerprint density at radius 1 is 1.36 bits per heavy atom. The van der Waals surface area contributed by atoms with Gasteiger partial charge in [0.15, 0.2) is 0 Å². The van der Waals surface area contributed by atoms with E-state index in [9.17, 15) is 13.6 Å². The summed E-state index contributed by atoms with van der Waals surface area (Å²) in [6.07, 6.45) is 6.20. The number of amides is 2. The largest absolute Gasteiger partial charge is 0.417 e. The van der Waals surface area contributed by atoms with E-state index in [0.717, 1.165) is 24.7 Å². The summed E-state index contributed by atoms with van der Waals surface area (Å²) in [6.45, 7) is -2.66. The number of urea groups is 1. The Balaban J connectivity index is 1.39. The standard InChI is InChI=1S/C15H19F2N3O2/c16-14(17)22-13-5-9(3-4-18-13)8-19-15(21)20-12-6-11(7-12)10-1-2-10/h3-5,10-12,14H,1-2,6-8H2,(H2,19,20,21). The van der Waals surface area contributed by atoms with Crippen LogP contribution < -0.4 is 15.4 Å². The number of nitrogens with one attached hydrogen (secondary N) is 2. The molecule has 0 aromatic carbocycles. The lowest BCUT2D eigenvalue weighted by Gasteiger charge is -2.36. The van der Waals surface area contributed by atoms with Crippen molar-refractivity contribution in [3.8, 4) is 5.88 Å². The first kappa shape index (κ1) is 15.0. The lowest BCUT2D eigenvalue weighted by atomic mass is 9.77. The highest BCUT2D eigenvalue weighted by atomic mass is 19.3. The second-order valence-corrected chi connectivity index (χ2v) is 5.97. The Bertz CT molecular complexity index is 531. The van der Waals surface area contributed by atoms with Gasteiger partial charge >= 0.3 is 12.6 Å². The van der Waals surface area contributed by atoms with Crippen molar-refractivity contribution in [3.63, 3.8) is 0 Å². The summed E-state index contributed by atoms with van der Waals surface area (Å²) in [4.78, 5) is 15.5. The van der Waals surface area contributed by atoms with E-state index in [1.807, 2.05) is 0 Å². The van der Waals surface area contributed by atoms with Crippen molar-refractivity contribution in [3.05, 3.63) is 23.9 Å². The van der Waals surface area contributed by atoms with Crippen molar-refractivity contribution < 1.29 is 18.3 Å². The van der Waals surface area contributed by atoms with Gasteiger partial charge in [0, 0.05) is 24.8 Å². The molecule has 22 heavy (non-hydrogen) atoms. The fourth-order valence-electron chi connectivity index (χ4n) is 2.87. The molecule has 1 aromatic rings. The van der Waals surface area contributed by atoms with Crippen LogP contribution in [0.5, 0.6) is 5.88 Å². The molecule has 2 saturated carbocycles. The molecule has 0 atom stereocenters. The number of hydrogen-bond donors (Lipinski definition) is 2. The van der Waals surface area contributed by atoms with E-state index in [1.165, 1.54) is 25.1 Å². The predicted molar refractivity (Wildman–Crippen MR) is 75.5 cm³/mol. The predicted octanol–water partition coefficient (Wildman–Crippen LogP) is 2.67. The van der Waals surface area contributed by atoms with Gasteiger partial charge in [-0.2, -0.15) is 8.78 Å². The molecule has 2 aliphatic carbocycles. The summed E-state index contributed by atoms with van der Waals surface area (Å²) in [6, 6.07) is 3.07. The van der Waals surface area contributed by atoms with Crippen LogP contribution in [0.4, 0.5) is 13.6 Å². The zero-order valence-corrected chi connectivity index (χ0v) is 12.1. The van der Waals surface area contributed by atoms with Crippen LogP contribution >= 0.6 is 0 Å². The first-order valence-electron chi connectivity index (χ1n) is 7.54. The van der Waals surface area contributed by atoms with Crippen LogP contribution in [0.1, 0.15) is 31.2 Å². The summed E-state index contributed by atoms with van der Waals surface area (Å²) in [7, 11) is 0. The van der Waals surface area contributed by atoms with E-state index in [-0.39, 0.29) is 24.5 Å². The van der Waals surface area contributed by atoms with Crippen LogP contribution in [0.3, 0.4) is 0 Å². The summed E-state index contributed by atoms with van der Waals surface area (Å²) < 4.78 is 28.4. The molecule has 0 radical (unpaired) electrons. The maximum absolute atomic E-state index is 12.1. The van der Waals surface area contributed by atoms with E-state index >= 15 is 0 Å². The monoisotopic (exact) mass is 311 g/mol. The van der Waals surface area contributed by atoms with Gasteiger partial charge in [-0.25, -0.2) is 9.78 Å². The summed E-state index contributed by atoms with van der Waals surface area (Å²) in [5.74, 6) is 1.53. The molecule has 0 aliphatic heterocycles. The first-order chi connectivity index (χ1) is 10.6. The minimum Gasteiger partial charge on any atom is -0.417 e. The van der Waals surface area contributed by atoms with Crippen LogP contribution in [-0.4, -0.2) is 23.7 Å². The van der Waals surface area contributed by atoms with Crippen molar-refractivity contribution in [1.82, 2.24) is 15.6 Å². The third-order valence-corrected chi connectivity index (χ3v) is 4.26. The molecule has 3 rings (SSSR count). The number of nitrogens with zero attached hydrogens (tertiary/aromatic N) is 1. The van der Waals surface area contributed by atoms with Gasteiger partial charge in [-0.1, -0.05) is 0 Å². The number of aromatic nitrogens is 1. The fraction of sp³-hybridized carbons (Fsp3) is 0.600. The van der Waals surface area contributed by atoms with E-state index in [0.29, 0.717) is 5.56 Å². The molecule has 120 valence electrons. The van der Waals surface area contributed by atoms with Crippen molar-refractivity contribution in [1.29, 1.82) is 0 Å². The Kier molecular flexibility index (Phi) is 4.40. The summed E-state index contributed by atoms with van der Waals surface area (Å²) >= 11 is 0. The molecule has 0 bridgehead atoms. The molecule has 0 spiro atoms. The molecule has 1 aromatic heterocycles. The number of ether oxygens (including phenoxy) is 1. The van der Waals surface area contributed by atoms with Crippen LogP contribution in [0.2, 0.25) is 0 Å². The lowest BCUT2D eigenvalue weighted by Crippen LogP contribution is -2.48. The Labute approximate surface area is 127 Å². The van der Waals surface area contributed by atoms with Crippen LogP contribution in [0, 0.1) is 11.8 Å². The molecule has 7 heteroatoms. The molecule has 2 amide bonds. The smallest absolute Gasteiger partial charge is 0.388 e. The van der Waals surface area contributed by atoms with E-state index in [4.69, 9.17) is 0 Å². The third-order valence-electron chi connectivity index (χ3n) is 4.26. The maximum atomic E-state index is 12.1. The quantitative estimate of drug-likeness (QED) is 0.849. The molecular formula is C15H19F2N3O2. The molecule has 5 nitrogen and oxygen atoms in total. The molecule has 2 fully saturated rings. The normalized spacial score (nSPS) is 23.8. The number of alkyl halides is 2. The van der Waals surface area contributed by atoms with Gasteiger partial charge < -0.3 is 15.4 Å². The van der Waals surface area contributed by atoms with Gasteiger partial charge in [-0.05, 0) is 49.1 Å². The minimum atomic E-state index is -2.91. The molecule has 1 heterocycles. The Morgan fingerprint density at radius 3 is 2.82 bits per heavy atom. The maximum Gasteiger partial charge on any atom is 0.388 e. The highest BCUT2D eigenvalue weighted by Gasteiger charge is 2.40. The number of hydrogen-bond acceptors (Lipinski definition) is 3. The van der Waals surface area contributed by atoms with Gasteiger partial charge in [-0.3, -0.25) is 0 Å². The topological polar surface area (TPSA) is 63.2 Å². The van der Waals surface area contributed by atoms with Gasteiger partial charge in [0.05, 0.1) is 0 Å². The van der Waals surface area contributed by atoms with Crippen LogP contribution in [0.15, 0.2) is 18.3 Å². The molecular weight excluding hydrogens is 292 g/mol. The lowest BCUT2D eigenvalue weighted by molar-refractivity contribution is -0.0529. The zero-order valence-electron chi connectivity index (χ0n) is 12.1. The van der Waals surface area contributed by atoms with E-state index in [1.54, 1.807) is 6.07 Å². The van der Waals surface area contributed by atoms with Crippen molar-refractivity contribution in [2.75, 3.05) is 0 Å². The first-order valence-corrected chi connectivity index (χ1v) is 7.54. The average Bonchev–Trinajstić information content (AvgIpc) is 3.24. The number of carbonyl (C=O) groups is 1. The zero-order chi connectivity index (χ0) is 15.5. The highest BCUT2D eigenvalue weighted by Crippen LogP contribution is 2.46. The van der Waals surface area contributed by atoms with Gasteiger partial charge in [0.25, 0.3) is 0 Å². The second kappa shape index (κ2) is 6.46. The van der Waals surface area contributed by atoms with E-state index < -0.39 is 6.61 Å². The SMILES string of the molecule is O=C(NCc1ccnc(OC(F)F)c1)NC1CC(C2CC2)C1. The van der Waals surface area contributed by atoms with Gasteiger partial charge in [0.1, 0.15) is 0 Å². The van der Waals surface area contributed by atoms with Gasteiger partial charge in [-0.15, -0.1) is 0 Å². The van der Waals surface area contributed by atoms with E-state index in [2.05, 4.69) is 20.4 Å². The third kappa shape index (κ3) is 4.05. The molecule has 2 aliphatic rings. The number of rotatable bonds is 6. The van der Waals surface area contributed by atoms with Crippen molar-refractivity contribution in [2.24, 2.45) is 11.8 Å². The molecule has 0 unspecified atom stereocenters. The highest BCUT2D eigenvalue weighted by molar-refractivity contribution is 5.74. The number of carbonyl (C=O) groups excluding carboxylic acids is 1. The van der Waals surface area contributed by atoms with Crippen LogP contribution in [0.25, 0.3) is 0 Å². The Hall–Kier alpha value is -1.92. The number of pyridine rings is 1. The molecule has 0 saturated heterocycles. The molecule has 2 N–H and O–H groups in total. The second-order valence-electron chi connectivity index (χ2n) is 5.97. The minimum absolute atomic E-state index is 0.152. The fourth-order valence-corrected chi connectivity index (χ4v) is 2.87. The number of halogens is 2. The Morgan fingerprint density at radius 2 is 2.14 bits per heavy atom. The van der Waals surface area contributed by atoms with Gasteiger partial charge in [0.2, 0.25) is 5.88 Å².